The molecule has 2 rings (SSSR count). The highest BCUT2D eigenvalue weighted by Gasteiger charge is 2.33. The monoisotopic (exact) mass is 218 g/mol. The quantitative estimate of drug-likeness (QED) is 0.558. The van der Waals surface area contributed by atoms with Gasteiger partial charge in [0.1, 0.15) is 25.7 Å². The van der Waals surface area contributed by atoms with E-state index < -0.39 is 0 Å². The molecule has 1 aromatic rings. The van der Waals surface area contributed by atoms with Crippen LogP contribution in [0.5, 0.6) is 0 Å². The minimum absolute atomic E-state index is 0.411. The standard InChI is InChI=1S/C14H20NO/c1-3-14-12-16-10-9-15(14,2)11-13-7-5-4-6-8-13/h3-8,14H,1,9-12H2,2H3/q+1. The Kier molecular flexibility index (Phi) is 3.42. The third kappa shape index (κ3) is 2.34. The van der Waals surface area contributed by atoms with E-state index in [1.807, 2.05) is 6.08 Å². The first-order chi connectivity index (χ1) is 7.74. The van der Waals surface area contributed by atoms with Crippen LogP contribution < -0.4 is 0 Å². The molecule has 0 N–H and O–H groups in total. The molecule has 0 radical (unpaired) electrons. The van der Waals surface area contributed by atoms with E-state index in [0.29, 0.717) is 6.04 Å². The van der Waals surface area contributed by atoms with Crippen molar-refractivity contribution in [1.82, 2.24) is 0 Å². The summed E-state index contributed by atoms with van der Waals surface area (Å²) >= 11 is 0. The number of likely N-dealkylation sites (N-methyl/N-ethyl adjacent to an activating group) is 1. The molecule has 1 fully saturated rings. The van der Waals surface area contributed by atoms with Gasteiger partial charge in [0.15, 0.2) is 0 Å². The molecule has 2 atom stereocenters. The summed E-state index contributed by atoms with van der Waals surface area (Å²) in [5.74, 6) is 0. The zero-order valence-electron chi connectivity index (χ0n) is 9.93. The van der Waals surface area contributed by atoms with Crippen molar-refractivity contribution in [3.8, 4) is 0 Å². The maximum absolute atomic E-state index is 5.52. The Labute approximate surface area is 97.7 Å². The number of rotatable bonds is 3. The molecule has 1 aliphatic rings. The lowest BCUT2D eigenvalue weighted by molar-refractivity contribution is -0.947. The van der Waals surface area contributed by atoms with Crippen molar-refractivity contribution >= 4 is 0 Å². The SMILES string of the molecule is C=CC1COCC[N+]1(C)Cc1ccccc1. The van der Waals surface area contributed by atoms with Crippen LogP contribution in [-0.4, -0.2) is 37.3 Å². The Morgan fingerprint density at radius 3 is 2.88 bits per heavy atom. The maximum Gasteiger partial charge on any atom is 0.131 e. The summed E-state index contributed by atoms with van der Waals surface area (Å²) in [6.07, 6.45) is 2.03. The van der Waals surface area contributed by atoms with Gasteiger partial charge in [0.25, 0.3) is 0 Å². The first kappa shape index (κ1) is 11.4. The highest BCUT2D eigenvalue weighted by molar-refractivity contribution is 5.13. The molecule has 86 valence electrons. The maximum atomic E-state index is 5.52. The Balaban J connectivity index is 2.14. The van der Waals surface area contributed by atoms with Crippen molar-refractivity contribution in [2.24, 2.45) is 0 Å². The lowest BCUT2D eigenvalue weighted by Gasteiger charge is -2.43. The fraction of sp³-hybridized carbons (Fsp3) is 0.429. The van der Waals surface area contributed by atoms with Crippen LogP contribution in [0.25, 0.3) is 0 Å². The molecule has 1 aromatic carbocycles. The van der Waals surface area contributed by atoms with Gasteiger partial charge in [-0.1, -0.05) is 36.9 Å². The van der Waals surface area contributed by atoms with Gasteiger partial charge in [0.05, 0.1) is 13.7 Å². The molecular weight excluding hydrogens is 198 g/mol. The molecule has 1 aliphatic heterocycles. The lowest BCUT2D eigenvalue weighted by atomic mass is 10.1. The van der Waals surface area contributed by atoms with Gasteiger partial charge in [-0.3, -0.25) is 0 Å². The second kappa shape index (κ2) is 4.81. The van der Waals surface area contributed by atoms with E-state index in [1.165, 1.54) is 5.56 Å². The fourth-order valence-corrected chi connectivity index (χ4v) is 2.34. The molecule has 1 heterocycles. The summed E-state index contributed by atoms with van der Waals surface area (Å²) in [6.45, 7) is 7.70. The van der Waals surface area contributed by atoms with Gasteiger partial charge >= 0.3 is 0 Å². The summed E-state index contributed by atoms with van der Waals surface area (Å²) in [5, 5.41) is 0. The Hall–Kier alpha value is -1.12. The Bertz CT molecular complexity index is 349. The van der Waals surface area contributed by atoms with Crippen LogP contribution in [0.1, 0.15) is 5.56 Å². The van der Waals surface area contributed by atoms with Crippen LogP contribution in [0.2, 0.25) is 0 Å². The van der Waals surface area contributed by atoms with E-state index in [9.17, 15) is 0 Å². The molecule has 0 aromatic heterocycles. The van der Waals surface area contributed by atoms with Gasteiger partial charge in [-0.25, -0.2) is 0 Å². The number of quaternary nitrogens is 1. The molecule has 0 aliphatic carbocycles. The molecule has 16 heavy (non-hydrogen) atoms. The third-order valence-electron chi connectivity index (χ3n) is 3.49. The zero-order valence-corrected chi connectivity index (χ0v) is 9.93. The van der Waals surface area contributed by atoms with Crippen LogP contribution in [0.15, 0.2) is 43.0 Å². The van der Waals surface area contributed by atoms with Crippen molar-refractivity contribution in [3.63, 3.8) is 0 Å². The molecule has 0 spiro atoms. The minimum Gasteiger partial charge on any atom is -0.369 e. The molecule has 0 bridgehead atoms. The van der Waals surface area contributed by atoms with Crippen molar-refractivity contribution in [2.75, 3.05) is 26.8 Å². The van der Waals surface area contributed by atoms with Crippen LogP contribution in [0, 0.1) is 0 Å². The number of hydrogen-bond acceptors (Lipinski definition) is 1. The molecule has 2 unspecified atom stereocenters. The summed E-state index contributed by atoms with van der Waals surface area (Å²) < 4.78 is 6.53. The highest BCUT2D eigenvalue weighted by Crippen LogP contribution is 2.20. The predicted octanol–water partition coefficient (Wildman–Crippen LogP) is 2.22. The number of benzene rings is 1. The van der Waals surface area contributed by atoms with Crippen molar-refractivity contribution < 1.29 is 9.22 Å². The van der Waals surface area contributed by atoms with Gasteiger partial charge in [-0.15, -0.1) is 0 Å². The normalized spacial score (nSPS) is 29.9. The number of hydrogen-bond donors (Lipinski definition) is 0. The minimum atomic E-state index is 0.411. The van der Waals surface area contributed by atoms with Crippen LogP contribution in [0.3, 0.4) is 0 Å². The smallest absolute Gasteiger partial charge is 0.131 e. The predicted molar refractivity (Wildman–Crippen MR) is 66.0 cm³/mol. The summed E-state index contributed by atoms with van der Waals surface area (Å²) in [5.41, 5.74) is 1.39. The highest BCUT2D eigenvalue weighted by atomic mass is 16.5. The summed E-state index contributed by atoms with van der Waals surface area (Å²) in [7, 11) is 2.29. The van der Waals surface area contributed by atoms with Crippen molar-refractivity contribution in [3.05, 3.63) is 48.6 Å². The summed E-state index contributed by atoms with van der Waals surface area (Å²) in [6, 6.07) is 11.1. The van der Waals surface area contributed by atoms with E-state index in [1.54, 1.807) is 0 Å². The Morgan fingerprint density at radius 1 is 1.44 bits per heavy atom. The van der Waals surface area contributed by atoms with E-state index in [-0.39, 0.29) is 0 Å². The lowest BCUT2D eigenvalue weighted by Crippen LogP contribution is -2.57. The van der Waals surface area contributed by atoms with Gasteiger partial charge in [-0.2, -0.15) is 0 Å². The Morgan fingerprint density at radius 2 is 2.19 bits per heavy atom. The van der Waals surface area contributed by atoms with Gasteiger partial charge in [0.2, 0.25) is 0 Å². The first-order valence-electron chi connectivity index (χ1n) is 5.83. The largest absolute Gasteiger partial charge is 0.369 e. The molecule has 0 amide bonds. The van der Waals surface area contributed by atoms with Crippen LogP contribution >= 0.6 is 0 Å². The molecule has 2 nitrogen and oxygen atoms in total. The van der Waals surface area contributed by atoms with E-state index >= 15 is 0 Å². The summed E-state index contributed by atoms with van der Waals surface area (Å²) in [4.78, 5) is 0. The molecule has 0 saturated carbocycles. The van der Waals surface area contributed by atoms with E-state index in [0.717, 1.165) is 30.8 Å². The second-order valence-electron chi connectivity index (χ2n) is 4.72. The topological polar surface area (TPSA) is 9.23 Å². The molecule has 1 saturated heterocycles. The van der Waals surface area contributed by atoms with E-state index in [4.69, 9.17) is 4.74 Å². The van der Waals surface area contributed by atoms with Crippen LogP contribution in [0.4, 0.5) is 0 Å². The second-order valence-corrected chi connectivity index (χ2v) is 4.72. The van der Waals surface area contributed by atoms with Gasteiger partial charge in [-0.05, 0) is 6.08 Å². The molecular formula is C14H20NO+. The van der Waals surface area contributed by atoms with Gasteiger partial charge in [0, 0.05) is 5.56 Å². The fourth-order valence-electron chi connectivity index (χ4n) is 2.34. The average molecular weight is 218 g/mol. The average Bonchev–Trinajstić information content (AvgIpc) is 2.30. The number of nitrogens with zero attached hydrogens (tertiary/aromatic N) is 1. The first-order valence-corrected chi connectivity index (χ1v) is 5.83. The molecule has 2 heteroatoms. The number of morpholine rings is 1. The van der Waals surface area contributed by atoms with E-state index in [2.05, 4.69) is 44.0 Å². The van der Waals surface area contributed by atoms with Gasteiger partial charge < -0.3 is 9.22 Å². The van der Waals surface area contributed by atoms with Crippen molar-refractivity contribution in [2.45, 2.75) is 12.6 Å². The third-order valence-corrected chi connectivity index (χ3v) is 3.49. The van der Waals surface area contributed by atoms with Crippen LogP contribution in [-0.2, 0) is 11.3 Å². The number of ether oxygens (including phenoxy) is 1. The zero-order chi connectivity index (χ0) is 11.4. The van der Waals surface area contributed by atoms with Crippen molar-refractivity contribution in [1.29, 1.82) is 0 Å².